The van der Waals surface area contributed by atoms with E-state index in [1.54, 1.807) is 13.8 Å². The van der Waals surface area contributed by atoms with Gasteiger partial charge in [-0.2, -0.15) is 0 Å². The molecule has 0 aliphatic rings. The summed E-state index contributed by atoms with van der Waals surface area (Å²) in [5, 5.41) is 0. The quantitative estimate of drug-likeness (QED) is 0.848. The number of Topliss-reactive ketones (excluding diaryl/α,β-unsaturated/α-hetero) is 2. The van der Waals surface area contributed by atoms with Crippen molar-refractivity contribution in [3.05, 3.63) is 71.8 Å². The molecule has 104 valence electrons. The Labute approximate surface area is 120 Å². The summed E-state index contributed by atoms with van der Waals surface area (Å²) < 4.78 is 0. The first-order valence-corrected chi connectivity index (χ1v) is 6.64. The summed E-state index contributed by atoms with van der Waals surface area (Å²) in [5.41, 5.74) is 2.19. The molecule has 2 heteroatoms. The lowest BCUT2D eigenvalue weighted by Crippen LogP contribution is -1.94. The van der Waals surface area contributed by atoms with E-state index in [0.29, 0.717) is 12.8 Å². The molecule has 0 atom stereocenters. The van der Waals surface area contributed by atoms with Crippen molar-refractivity contribution in [3.63, 3.8) is 0 Å². The molecular formula is C18H20O2. The highest BCUT2D eigenvalue weighted by Crippen LogP contribution is 1.99. The van der Waals surface area contributed by atoms with Crippen LogP contribution in [0.5, 0.6) is 0 Å². The summed E-state index contributed by atoms with van der Waals surface area (Å²) in [6.07, 6.45) is 1.11. The maximum absolute atomic E-state index is 10.6. The molecule has 0 amide bonds. The molecule has 0 saturated heterocycles. The monoisotopic (exact) mass is 268 g/mol. The van der Waals surface area contributed by atoms with Crippen LogP contribution in [0.2, 0.25) is 0 Å². The predicted molar refractivity (Wildman–Crippen MR) is 81.7 cm³/mol. The van der Waals surface area contributed by atoms with Crippen LogP contribution in [0, 0.1) is 0 Å². The van der Waals surface area contributed by atoms with E-state index in [-0.39, 0.29) is 11.6 Å². The van der Waals surface area contributed by atoms with Crippen molar-refractivity contribution in [2.24, 2.45) is 0 Å². The first-order chi connectivity index (χ1) is 9.58. The van der Waals surface area contributed by atoms with Gasteiger partial charge in [-0.05, 0) is 25.0 Å². The summed E-state index contributed by atoms with van der Waals surface area (Å²) in [6.45, 7) is 3.21. The van der Waals surface area contributed by atoms with Gasteiger partial charge in [0, 0.05) is 12.8 Å². The van der Waals surface area contributed by atoms with Gasteiger partial charge in [-0.15, -0.1) is 0 Å². The van der Waals surface area contributed by atoms with E-state index in [9.17, 15) is 9.59 Å². The largest absolute Gasteiger partial charge is 0.300 e. The van der Waals surface area contributed by atoms with Crippen LogP contribution in [0.3, 0.4) is 0 Å². The van der Waals surface area contributed by atoms with Crippen LogP contribution in [-0.4, -0.2) is 11.6 Å². The van der Waals surface area contributed by atoms with E-state index in [1.165, 1.54) is 0 Å². The summed E-state index contributed by atoms with van der Waals surface area (Å²) in [4.78, 5) is 21.2. The van der Waals surface area contributed by atoms with E-state index in [2.05, 4.69) is 0 Å². The summed E-state index contributed by atoms with van der Waals surface area (Å²) >= 11 is 0. The number of benzene rings is 2. The Morgan fingerprint density at radius 2 is 0.950 bits per heavy atom. The Bertz CT molecular complexity index is 478. The SMILES string of the molecule is CC(=O)Cc1ccccc1.CC(=O)Cc1ccccc1. The van der Waals surface area contributed by atoms with Crippen LogP contribution in [0.15, 0.2) is 60.7 Å². The Hall–Kier alpha value is -2.22. The third kappa shape index (κ3) is 7.27. The molecule has 0 radical (unpaired) electrons. The van der Waals surface area contributed by atoms with Crippen molar-refractivity contribution < 1.29 is 9.59 Å². The average molecular weight is 268 g/mol. The van der Waals surface area contributed by atoms with Gasteiger partial charge in [-0.1, -0.05) is 60.7 Å². The number of ketones is 2. The first kappa shape index (κ1) is 15.8. The minimum atomic E-state index is 0.214. The van der Waals surface area contributed by atoms with Gasteiger partial charge in [-0.3, -0.25) is 9.59 Å². The van der Waals surface area contributed by atoms with Gasteiger partial charge in [0.2, 0.25) is 0 Å². The van der Waals surface area contributed by atoms with E-state index in [4.69, 9.17) is 0 Å². The minimum absolute atomic E-state index is 0.214. The van der Waals surface area contributed by atoms with E-state index in [1.807, 2.05) is 60.7 Å². The van der Waals surface area contributed by atoms with E-state index in [0.717, 1.165) is 11.1 Å². The van der Waals surface area contributed by atoms with Crippen molar-refractivity contribution >= 4 is 11.6 Å². The molecular weight excluding hydrogens is 248 g/mol. The number of carbonyl (C=O) groups is 2. The number of rotatable bonds is 4. The number of hydrogen-bond acceptors (Lipinski definition) is 2. The zero-order valence-electron chi connectivity index (χ0n) is 12.0. The molecule has 2 aromatic carbocycles. The van der Waals surface area contributed by atoms with Crippen molar-refractivity contribution in [1.29, 1.82) is 0 Å². The van der Waals surface area contributed by atoms with Gasteiger partial charge in [0.1, 0.15) is 11.6 Å². The third-order valence-corrected chi connectivity index (χ3v) is 2.59. The zero-order valence-corrected chi connectivity index (χ0v) is 12.0. The molecule has 2 aromatic rings. The smallest absolute Gasteiger partial charge is 0.134 e. The van der Waals surface area contributed by atoms with E-state index < -0.39 is 0 Å². The van der Waals surface area contributed by atoms with Gasteiger partial charge in [0.25, 0.3) is 0 Å². The van der Waals surface area contributed by atoms with Crippen molar-refractivity contribution in [1.82, 2.24) is 0 Å². The van der Waals surface area contributed by atoms with Crippen LogP contribution < -0.4 is 0 Å². The third-order valence-electron chi connectivity index (χ3n) is 2.59. The Morgan fingerprint density at radius 3 is 1.20 bits per heavy atom. The lowest BCUT2D eigenvalue weighted by atomic mass is 10.1. The van der Waals surface area contributed by atoms with Crippen LogP contribution in [0.1, 0.15) is 25.0 Å². The fourth-order valence-corrected chi connectivity index (χ4v) is 1.77. The molecule has 0 saturated carbocycles. The van der Waals surface area contributed by atoms with Gasteiger partial charge >= 0.3 is 0 Å². The fraction of sp³-hybridized carbons (Fsp3) is 0.222. The zero-order chi connectivity index (χ0) is 14.8. The molecule has 2 nitrogen and oxygen atoms in total. The molecule has 0 N–H and O–H groups in total. The lowest BCUT2D eigenvalue weighted by Gasteiger charge is -1.93. The number of hydrogen-bond donors (Lipinski definition) is 0. The summed E-state index contributed by atoms with van der Waals surface area (Å²) in [5.74, 6) is 0.428. The average Bonchev–Trinajstić information content (AvgIpc) is 2.40. The molecule has 0 fully saturated rings. The number of carbonyl (C=O) groups excluding carboxylic acids is 2. The maximum Gasteiger partial charge on any atom is 0.134 e. The van der Waals surface area contributed by atoms with Crippen LogP contribution in [-0.2, 0) is 22.4 Å². The van der Waals surface area contributed by atoms with Crippen molar-refractivity contribution in [2.45, 2.75) is 26.7 Å². The highest BCUT2D eigenvalue weighted by Gasteiger charge is 1.94. The molecule has 0 unspecified atom stereocenters. The topological polar surface area (TPSA) is 34.1 Å². The van der Waals surface area contributed by atoms with Crippen molar-refractivity contribution in [2.75, 3.05) is 0 Å². The maximum atomic E-state index is 10.6. The Morgan fingerprint density at radius 1 is 0.650 bits per heavy atom. The Kier molecular flexibility index (Phi) is 6.97. The fourth-order valence-electron chi connectivity index (χ4n) is 1.77. The summed E-state index contributed by atoms with van der Waals surface area (Å²) in [6, 6.07) is 19.5. The van der Waals surface area contributed by atoms with Crippen molar-refractivity contribution in [3.8, 4) is 0 Å². The second kappa shape index (κ2) is 8.81. The molecule has 0 aliphatic carbocycles. The van der Waals surface area contributed by atoms with Crippen LogP contribution in [0.25, 0.3) is 0 Å². The highest BCUT2D eigenvalue weighted by atomic mass is 16.1. The second-order valence-electron chi connectivity index (χ2n) is 4.73. The van der Waals surface area contributed by atoms with Gasteiger partial charge in [-0.25, -0.2) is 0 Å². The minimum Gasteiger partial charge on any atom is -0.300 e. The van der Waals surface area contributed by atoms with E-state index >= 15 is 0 Å². The molecule has 0 spiro atoms. The molecule has 2 rings (SSSR count). The van der Waals surface area contributed by atoms with Crippen LogP contribution in [0.4, 0.5) is 0 Å². The predicted octanol–water partition coefficient (Wildman–Crippen LogP) is 3.64. The van der Waals surface area contributed by atoms with Gasteiger partial charge in [0.15, 0.2) is 0 Å². The van der Waals surface area contributed by atoms with Gasteiger partial charge < -0.3 is 0 Å². The molecule has 20 heavy (non-hydrogen) atoms. The standard InChI is InChI=1S/2C9H10O/c2*1-8(10)7-9-5-3-2-4-6-9/h2*2-6H,7H2,1H3. The lowest BCUT2D eigenvalue weighted by molar-refractivity contribution is -0.117. The Balaban J connectivity index is 0.000000200. The molecule has 0 bridgehead atoms. The van der Waals surface area contributed by atoms with Crippen LogP contribution >= 0.6 is 0 Å². The molecule has 0 aliphatic heterocycles. The molecule has 0 aromatic heterocycles. The van der Waals surface area contributed by atoms with Gasteiger partial charge in [0.05, 0.1) is 0 Å². The highest BCUT2D eigenvalue weighted by molar-refractivity contribution is 5.78. The normalized spacial score (nSPS) is 9.30. The molecule has 0 heterocycles. The second-order valence-corrected chi connectivity index (χ2v) is 4.73. The summed E-state index contributed by atoms with van der Waals surface area (Å²) in [7, 11) is 0. The first-order valence-electron chi connectivity index (χ1n) is 6.64.